The highest BCUT2D eigenvalue weighted by Gasteiger charge is 2.23. The molecule has 0 saturated carbocycles. The summed E-state index contributed by atoms with van der Waals surface area (Å²) in [4.78, 5) is 41.3. The Balaban J connectivity index is 1.91. The van der Waals surface area contributed by atoms with Gasteiger partial charge in [0, 0.05) is 20.1 Å². The lowest BCUT2D eigenvalue weighted by Gasteiger charge is -2.24. The van der Waals surface area contributed by atoms with Crippen LogP contribution < -0.4 is 16.6 Å². The third kappa shape index (κ3) is 3.48. The molecular formula is C19H23N5O4. The first-order valence-electron chi connectivity index (χ1n) is 8.87. The minimum atomic E-state index is -0.508. The van der Waals surface area contributed by atoms with Crippen molar-refractivity contribution in [2.45, 2.75) is 25.6 Å². The quantitative estimate of drug-likeness (QED) is 0.614. The van der Waals surface area contributed by atoms with Gasteiger partial charge in [-0.05, 0) is 19.5 Å². The summed E-state index contributed by atoms with van der Waals surface area (Å²) in [5.41, 5.74) is 0.291. The molecule has 9 heteroatoms. The molecule has 2 heterocycles. The summed E-state index contributed by atoms with van der Waals surface area (Å²) < 4.78 is 9.38. The van der Waals surface area contributed by atoms with Gasteiger partial charge in [0.1, 0.15) is 12.6 Å². The second-order valence-electron chi connectivity index (χ2n) is 6.65. The molecule has 1 N–H and O–H groups in total. The van der Waals surface area contributed by atoms with Crippen LogP contribution in [-0.2, 0) is 30.2 Å². The number of carbonyl (C=O) groups is 1. The molecule has 0 radical (unpaired) electrons. The van der Waals surface area contributed by atoms with Crippen molar-refractivity contribution in [1.29, 1.82) is 0 Å². The number of rotatable bonds is 6. The fraction of sp³-hybridized carbons (Fsp3) is 0.368. The van der Waals surface area contributed by atoms with Crippen molar-refractivity contribution < 1.29 is 9.53 Å². The average Bonchev–Trinajstić information content (AvgIpc) is 3.12. The van der Waals surface area contributed by atoms with Crippen LogP contribution in [0.25, 0.3) is 11.2 Å². The summed E-state index contributed by atoms with van der Waals surface area (Å²) in [5, 5.41) is 3.10. The molecule has 0 spiro atoms. The van der Waals surface area contributed by atoms with Gasteiger partial charge in [0.05, 0.1) is 6.33 Å². The zero-order valence-corrected chi connectivity index (χ0v) is 16.2. The summed E-state index contributed by atoms with van der Waals surface area (Å²) in [6.07, 6.45) is 0.881. The van der Waals surface area contributed by atoms with E-state index in [4.69, 9.17) is 4.74 Å². The normalized spacial score (nSPS) is 13.4. The fourth-order valence-corrected chi connectivity index (χ4v) is 3.09. The third-order valence-corrected chi connectivity index (χ3v) is 4.81. The predicted molar refractivity (Wildman–Crippen MR) is 104 cm³/mol. The van der Waals surface area contributed by atoms with E-state index in [1.807, 2.05) is 37.3 Å². The zero-order chi connectivity index (χ0) is 20.4. The zero-order valence-electron chi connectivity index (χ0n) is 16.2. The SMILES string of the molecule is CN[C@@H](C)[C@H](OC(=O)Cn1cnc2c1c(=O)n(C)c(=O)n2C)c1ccccc1. The molecule has 3 aromatic rings. The molecule has 0 bridgehead atoms. The van der Waals surface area contributed by atoms with Crippen LogP contribution >= 0.6 is 0 Å². The van der Waals surface area contributed by atoms with Crippen molar-refractivity contribution >= 4 is 17.1 Å². The van der Waals surface area contributed by atoms with E-state index in [0.29, 0.717) is 0 Å². The minimum absolute atomic E-state index is 0.112. The first kappa shape index (κ1) is 19.6. The van der Waals surface area contributed by atoms with Crippen molar-refractivity contribution in [3.8, 4) is 0 Å². The second-order valence-corrected chi connectivity index (χ2v) is 6.65. The standard InChI is InChI=1S/C19H23N5O4/c1-12(20-2)16(13-8-6-5-7-9-13)28-14(25)10-24-11-21-17-15(24)18(26)23(4)19(27)22(17)3/h5-9,11-12,16,20H,10H2,1-4H3/t12-,16-/m0/s1. The number of aryl methyl sites for hydroxylation is 1. The smallest absolute Gasteiger partial charge is 0.332 e. The Morgan fingerprint density at radius 3 is 2.50 bits per heavy atom. The Bertz CT molecular complexity index is 1110. The summed E-state index contributed by atoms with van der Waals surface area (Å²) in [7, 11) is 4.71. The highest BCUT2D eigenvalue weighted by molar-refractivity contribution is 5.75. The molecule has 0 amide bonds. The molecule has 28 heavy (non-hydrogen) atoms. The monoisotopic (exact) mass is 385 g/mol. The second kappa shape index (κ2) is 7.81. The third-order valence-electron chi connectivity index (χ3n) is 4.81. The number of imidazole rings is 1. The van der Waals surface area contributed by atoms with Crippen LogP contribution in [0.15, 0.2) is 46.2 Å². The van der Waals surface area contributed by atoms with Gasteiger partial charge < -0.3 is 14.6 Å². The lowest BCUT2D eigenvalue weighted by molar-refractivity contribution is -0.151. The topological polar surface area (TPSA) is 100 Å². The van der Waals surface area contributed by atoms with Gasteiger partial charge in [0.2, 0.25) is 0 Å². The summed E-state index contributed by atoms with van der Waals surface area (Å²) in [5.74, 6) is -0.508. The number of ether oxygens (including phenoxy) is 1. The molecule has 2 aromatic heterocycles. The van der Waals surface area contributed by atoms with Crippen LogP contribution in [0.5, 0.6) is 0 Å². The lowest BCUT2D eigenvalue weighted by Crippen LogP contribution is -2.38. The van der Waals surface area contributed by atoms with Crippen LogP contribution in [0.3, 0.4) is 0 Å². The van der Waals surface area contributed by atoms with Crippen molar-refractivity contribution in [2.75, 3.05) is 7.05 Å². The molecule has 0 unspecified atom stereocenters. The van der Waals surface area contributed by atoms with Gasteiger partial charge in [-0.2, -0.15) is 0 Å². The highest BCUT2D eigenvalue weighted by atomic mass is 16.5. The minimum Gasteiger partial charge on any atom is -0.454 e. The maximum absolute atomic E-state index is 12.6. The molecule has 9 nitrogen and oxygen atoms in total. The van der Waals surface area contributed by atoms with Gasteiger partial charge in [-0.15, -0.1) is 0 Å². The van der Waals surface area contributed by atoms with Gasteiger partial charge in [-0.3, -0.25) is 18.7 Å². The molecule has 0 aliphatic rings. The number of hydrogen-bond acceptors (Lipinski definition) is 6. The number of nitrogens with one attached hydrogen (secondary N) is 1. The van der Waals surface area contributed by atoms with E-state index in [2.05, 4.69) is 10.3 Å². The molecule has 148 valence electrons. The number of likely N-dealkylation sites (N-methyl/N-ethyl adjacent to an activating group) is 1. The van der Waals surface area contributed by atoms with Crippen LogP contribution in [0.1, 0.15) is 18.6 Å². The molecule has 3 rings (SSSR count). The lowest BCUT2D eigenvalue weighted by atomic mass is 10.0. The summed E-state index contributed by atoms with van der Waals surface area (Å²) >= 11 is 0. The van der Waals surface area contributed by atoms with Crippen molar-refractivity contribution in [3.05, 3.63) is 63.1 Å². The Labute approximate surface area is 161 Å². The molecule has 2 atom stereocenters. The number of carbonyl (C=O) groups excluding carboxylic acids is 1. The van der Waals surface area contributed by atoms with Crippen LogP contribution in [-0.4, -0.2) is 37.7 Å². The molecule has 0 aliphatic heterocycles. The Kier molecular flexibility index (Phi) is 5.46. The number of hydrogen-bond donors (Lipinski definition) is 1. The number of fused-ring (bicyclic) bond motifs is 1. The Morgan fingerprint density at radius 1 is 1.18 bits per heavy atom. The Hall–Kier alpha value is -3.20. The van der Waals surface area contributed by atoms with Crippen LogP contribution in [0.4, 0.5) is 0 Å². The Morgan fingerprint density at radius 2 is 1.86 bits per heavy atom. The van der Waals surface area contributed by atoms with E-state index in [9.17, 15) is 14.4 Å². The molecule has 0 aliphatic carbocycles. The van der Waals surface area contributed by atoms with E-state index >= 15 is 0 Å². The number of esters is 1. The molecule has 0 saturated heterocycles. The highest BCUT2D eigenvalue weighted by Crippen LogP contribution is 2.21. The molecular weight excluding hydrogens is 362 g/mol. The van der Waals surface area contributed by atoms with Crippen molar-refractivity contribution in [3.63, 3.8) is 0 Å². The van der Waals surface area contributed by atoms with Gasteiger partial charge in [0.25, 0.3) is 5.56 Å². The number of benzene rings is 1. The fourth-order valence-electron chi connectivity index (χ4n) is 3.09. The van der Waals surface area contributed by atoms with Gasteiger partial charge >= 0.3 is 11.7 Å². The summed E-state index contributed by atoms with van der Waals surface area (Å²) in [6.45, 7) is 1.73. The molecule has 1 aromatic carbocycles. The number of aromatic nitrogens is 4. The van der Waals surface area contributed by atoms with Crippen molar-refractivity contribution in [1.82, 2.24) is 24.0 Å². The van der Waals surface area contributed by atoms with Crippen LogP contribution in [0.2, 0.25) is 0 Å². The largest absolute Gasteiger partial charge is 0.454 e. The van der Waals surface area contributed by atoms with Crippen LogP contribution in [0, 0.1) is 0 Å². The molecule has 0 fully saturated rings. The van der Waals surface area contributed by atoms with E-state index < -0.39 is 23.3 Å². The summed E-state index contributed by atoms with van der Waals surface area (Å²) in [6, 6.07) is 9.33. The first-order chi connectivity index (χ1) is 13.3. The van der Waals surface area contributed by atoms with Gasteiger partial charge in [-0.25, -0.2) is 9.78 Å². The first-order valence-corrected chi connectivity index (χ1v) is 8.87. The average molecular weight is 385 g/mol. The van der Waals surface area contributed by atoms with E-state index in [1.54, 1.807) is 7.05 Å². The van der Waals surface area contributed by atoms with E-state index in [0.717, 1.165) is 10.1 Å². The van der Waals surface area contributed by atoms with E-state index in [-0.39, 0.29) is 23.8 Å². The van der Waals surface area contributed by atoms with E-state index in [1.165, 1.54) is 29.6 Å². The number of nitrogens with zero attached hydrogens (tertiary/aromatic N) is 4. The van der Waals surface area contributed by atoms with Gasteiger partial charge in [0.15, 0.2) is 11.2 Å². The van der Waals surface area contributed by atoms with Crippen molar-refractivity contribution in [2.24, 2.45) is 14.1 Å². The predicted octanol–water partition coefficient (Wildman–Crippen LogP) is 0.326. The van der Waals surface area contributed by atoms with Gasteiger partial charge in [-0.1, -0.05) is 30.3 Å². The maximum atomic E-state index is 12.6. The maximum Gasteiger partial charge on any atom is 0.332 e.